The molecule has 114 valence electrons. The van der Waals surface area contributed by atoms with Crippen LogP contribution in [0, 0.1) is 28.6 Å². The Bertz CT molecular complexity index is 542. The quantitative estimate of drug-likeness (QED) is 0.567. The average Bonchev–Trinajstić information content (AvgIpc) is 2.76. The Labute approximate surface area is 128 Å². The summed E-state index contributed by atoms with van der Waals surface area (Å²) in [6.07, 6.45) is 11.6. The molecular formula is C20H28O. The summed E-state index contributed by atoms with van der Waals surface area (Å²) in [5.74, 6) is 2.96. The van der Waals surface area contributed by atoms with Crippen molar-refractivity contribution in [3.63, 3.8) is 0 Å². The highest BCUT2D eigenvalue weighted by Gasteiger charge is 2.56. The minimum atomic E-state index is 0.322. The number of hydrogen-bond acceptors (Lipinski definition) is 1. The van der Waals surface area contributed by atoms with Gasteiger partial charge in [-0.3, -0.25) is 4.79 Å². The Hall–Kier alpha value is -0.850. The molecule has 0 aliphatic heterocycles. The molecule has 0 aromatic rings. The molecule has 0 N–H and O–H groups in total. The second kappa shape index (κ2) is 4.33. The van der Waals surface area contributed by atoms with Gasteiger partial charge in [-0.1, -0.05) is 37.6 Å². The van der Waals surface area contributed by atoms with E-state index in [1.165, 1.54) is 43.3 Å². The first-order chi connectivity index (χ1) is 9.95. The van der Waals surface area contributed by atoms with Crippen molar-refractivity contribution in [3.05, 3.63) is 23.8 Å². The van der Waals surface area contributed by atoms with Gasteiger partial charge in [0.05, 0.1) is 0 Å². The Morgan fingerprint density at radius 1 is 1.10 bits per heavy atom. The van der Waals surface area contributed by atoms with Crippen LogP contribution in [0.1, 0.15) is 65.2 Å². The van der Waals surface area contributed by atoms with Crippen molar-refractivity contribution in [3.8, 4) is 0 Å². The number of carbonyl (C=O) groups is 1. The molecule has 3 fully saturated rings. The highest BCUT2D eigenvalue weighted by molar-refractivity contribution is 5.82. The van der Waals surface area contributed by atoms with Crippen LogP contribution in [0.5, 0.6) is 0 Å². The van der Waals surface area contributed by atoms with Crippen molar-refractivity contribution in [2.24, 2.45) is 28.6 Å². The summed E-state index contributed by atoms with van der Waals surface area (Å²) in [5.41, 5.74) is 3.74. The van der Waals surface area contributed by atoms with Crippen LogP contribution >= 0.6 is 0 Å². The number of Topliss-reactive ketones (excluding diaryl/α,β-unsaturated/α-hetero) is 1. The standard InChI is InChI=1S/C20H28O/c1-13-4-7-17-16-6-5-14-12-15(21)8-10-20(14,3)18(16)9-11-19(13,17)2/h5,16-18H,1,4,6-12H2,2-3H3/t16-,17-,18+,19+,20-/m0/s1. The first-order valence-corrected chi connectivity index (χ1v) is 8.84. The lowest BCUT2D eigenvalue weighted by Gasteiger charge is -2.56. The summed E-state index contributed by atoms with van der Waals surface area (Å²) in [4.78, 5) is 11.8. The van der Waals surface area contributed by atoms with E-state index >= 15 is 0 Å². The number of hydrogen-bond donors (Lipinski definition) is 0. The van der Waals surface area contributed by atoms with Crippen molar-refractivity contribution in [1.29, 1.82) is 0 Å². The van der Waals surface area contributed by atoms with Crippen LogP contribution in [0.15, 0.2) is 23.8 Å². The van der Waals surface area contributed by atoms with Gasteiger partial charge in [-0.25, -0.2) is 0 Å². The van der Waals surface area contributed by atoms with Crippen LogP contribution in [0.2, 0.25) is 0 Å². The third-order valence-electron chi connectivity index (χ3n) is 7.89. The minimum absolute atomic E-state index is 0.322. The molecule has 4 aliphatic rings. The molecule has 1 heteroatoms. The van der Waals surface area contributed by atoms with Gasteiger partial charge < -0.3 is 0 Å². The van der Waals surface area contributed by atoms with E-state index in [2.05, 4.69) is 26.5 Å². The van der Waals surface area contributed by atoms with E-state index in [9.17, 15) is 4.79 Å². The van der Waals surface area contributed by atoms with Gasteiger partial charge in [0.25, 0.3) is 0 Å². The molecule has 5 atom stereocenters. The number of rotatable bonds is 0. The number of ketones is 1. The molecule has 0 spiro atoms. The Morgan fingerprint density at radius 3 is 2.67 bits per heavy atom. The number of fused-ring (bicyclic) bond motifs is 5. The SMILES string of the molecule is C=C1CC[C@H]2[C@@H]3CC=C4CC(=O)CC[C@]4(C)[C@@H]3CC[C@]12C. The lowest BCUT2D eigenvalue weighted by Crippen LogP contribution is -2.49. The van der Waals surface area contributed by atoms with Gasteiger partial charge in [0.15, 0.2) is 0 Å². The zero-order chi connectivity index (χ0) is 14.8. The molecule has 3 saturated carbocycles. The lowest BCUT2D eigenvalue weighted by atomic mass is 9.48. The summed E-state index contributed by atoms with van der Waals surface area (Å²) in [6.45, 7) is 9.34. The largest absolute Gasteiger partial charge is 0.299 e. The summed E-state index contributed by atoms with van der Waals surface area (Å²) in [7, 11) is 0. The topological polar surface area (TPSA) is 17.1 Å². The second-order valence-electron chi connectivity index (χ2n) is 8.57. The number of allylic oxidation sites excluding steroid dienone is 3. The molecule has 4 rings (SSSR count). The van der Waals surface area contributed by atoms with Crippen molar-refractivity contribution < 1.29 is 4.79 Å². The van der Waals surface area contributed by atoms with Crippen LogP contribution in [-0.4, -0.2) is 5.78 Å². The molecule has 0 amide bonds. The van der Waals surface area contributed by atoms with Crippen molar-refractivity contribution in [2.45, 2.75) is 65.2 Å². The zero-order valence-electron chi connectivity index (χ0n) is 13.6. The smallest absolute Gasteiger partial charge is 0.136 e. The van der Waals surface area contributed by atoms with E-state index in [-0.39, 0.29) is 0 Å². The fraction of sp³-hybridized carbons (Fsp3) is 0.750. The Kier molecular flexibility index (Phi) is 2.85. The predicted molar refractivity (Wildman–Crippen MR) is 85.9 cm³/mol. The van der Waals surface area contributed by atoms with Crippen LogP contribution < -0.4 is 0 Å². The van der Waals surface area contributed by atoms with Crippen molar-refractivity contribution in [1.82, 2.24) is 0 Å². The van der Waals surface area contributed by atoms with E-state index < -0.39 is 0 Å². The fourth-order valence-corrected chi connectivity index (χ4v) is 6.38. The molecule has 0 unspecified atom stereocenters. The maximum Gasteiger partial charge on any atom is 0.136 e. The van der Waals surface area contributed by atoms with Crippen LogP contribution in [0.25, 0.3) is 0 Å². The second-order valence-corrected chi connectivity index (χ2v) is 8.57. The van der Waals surface area contributed by atoms with Gasteiger partial charge in [0.1, 0.15) is 5.78 Å². The van der Waals surface area contributed by atoms with E-state index in [4.69, 9.17) is 0 Å². The normalized spacial score (nSPS) is 49.2. The third kappa shape index (κ3) is 1.72. The molecule has 0 bridgehead atoms. The first-order valence-electron chi connectivity index (χ1n) is 8.84. The summed E-state index contributed by atoms with van der Waals surface area (Å²) < 4.78 is 0. The van der Waals surface area contributed by atoms with E-state index in [0.717, 1.165) is 37.0 Å². The molecule has 0 heterocycles. The van der Waals surface area contributed by atoms with Crippen LogP contribution in [-0.2, 0) is 4.79 Å². The van der Waals surface area contributed by atoms with Gasteiger partial charge in [-0.05, 0) is 67.1 Å². The average molecular weight is 284 g/mol. The fourth-order valence-electron chi connectivity index (χ4n) is 6.38. The highest BCUT2D eigenvalue weighted by atomic mass is 16.1. The maximum atomic E-state index is 11.8. The molecule has 4 aliphatic carbocycles. The molecule has 0 radical (unpaired) electrons. The van der Waals surface area contributed by atoms with Crippen molar-refractivity contribution >= 4 is 5.78 Å². The van der Waals surface area contributed by atoms with E-state index in [1.807, 2.05) is 0 Å². The predicted octanol–water partition coefficient (Wildman–Crippen LogP) is 5.07. The van der Waals surface area contributed by atoms with Gasteiger partial charge in [-0.15, -0.1) is 0 Å². The summed E-state index contributed by atoms with van der Waals surface area (Å²) in [5, 5.41) is 0. The van der Waals surface area contributed by atoms with Gasteiger partial charge in [-0.2, -0.15) is 0 Å². The van der Waals surface area contributed by atoms with E-state index in [1.54, 1.807) is 0 Å². The highest BCUT2D eigenvalue weighted by Crippen LogP contribution is 2.65. The molecule has 1 nitrogen and oxygen atoms in total. The monoisotopic (exact) mass is 284 g/mol. The lowest BCUT2D eigenvalue weighted by molar-refractivity contribution is -0.122. The number of carbonyl (C=O) groups excluding carboxylic acids is 1. The molecule has 21 heavy (non-hydrogen) atoms. The maximum absolute atomic E-state index is 11.8. The summed E-state index contributed by atoms with van der Waals surface area (Å²) in [6, 6.07) is 0. The molecule has 0 aromatic heterocycles. The molecular weight excluding hydrogens is 256 g/mol. The Morgan fingerprint density at radius 2 is 1.86 bits per heavy atom. The van der Waals surface area contributed by atoms with Crippen molar-refractivity contribution in [2.75, 3.05) is 0 Å². The van der Waals surface area contributed by atoms with Gasteiger partial charge in [0.2, 0.25) is 0 Å². The van der Waals surface area contributed by atoms with E-state index in [0.29, 0.717) is 16.6 Å². The zero-order valence-corrected chi connectivity index (χ0v) is 13.6. The van der Waals surface area contributed by atoms with Gasteiger partial charge >= 0.3 is 0 Å². The first kappa shape index (κ1) is 13.8. The summed E-state index contributed by atoms with van der Waals surface area (Å²) >= 11 is 0. The molecule has 0 saturated heterocycles. The van der Waals surface area contributed by atoms with Crippen LogP contribution in [0.3, 0.4) is 0 Å². The van der Waals surface area contributed by atoms with Crippen LogP contribution in [0.4, 0.5) is 0 Å². The molecule has 0 aromatic carbocycles. The Balaban J connectivity index is 1.71. The van der Waals surface area contributed by atoms with Gasteiger partial charge in [0, 0.05) is 12.8 Å². The third-order valence-corrected chi connectivity index (χ3v) is 7.89. The minimum Gasteiger partial charge on any atom is -0.299 e.